The van der Waals surface area contributed by atoms with E-state index in [0.29, 0.717) is 36.1 Å². The second-order valence-electron chi connectivity index (χ2n) is 7.98. The van der Waals surface area contributed by atoms with E-state index in [0.717, 1.165) is 0 Å². The minimum atomic E-state index is -4.68. The van der Waals surface area contributed by atoms with Crippen LogP contribution in [0.1, 0.15) is 56.2 Å². The Morgan fingerprint density at radius 1 is 0.697 bits per heavy atom. The van der Waals surface area contributed by atoms with Crippen LogP contribution in [-0.2, 0) is 16.3 Å². The SMILES string of the molecule is CC(C)c1ccc([I+]c2ccc(C(C)C)cc2)cc1.O=S(=O)([O-])c1ccc(C(F)(F)F)cc1. The highest BCUT2D eigenvalue weighted by molar-refractivity contribution is 7.85. The molecule has 0 bridgehead atoms. The summed E-state index contributed by atoms with van der Waals surface area (Å²) < 4.78 is 70.0. The third kappa shape index (κ3) is 8.75. The summed E-state index contributed by atoms with van der Waals surface area (Å²) in [6.07, 6.45) is -4.54. The fourth-order valence-corrected chi connectivity index (χ4v) is 5.38. The van der Waals surface area contributed by atoms with E-state index in [1.165, 1.54) is 18.3 Å². The summed E-state index contributed by atoms with van der Waals surface area (Å²) in [4.78, 5) is -0.675. The minimum Gasteiger partial charge on any atom is -0.744 e. The Bertz CT molecular complexity index is 1070. The fraction of sp³-hybridized carbons (Fsp3) is 0.280. The van der Waals surface area contributed by atoms with Crippen molar-refractivity contribution >= 4 is 10.1 Å². The number of halogens is 4. The highest BCUT2D eigenvalue weighted by Gasteiger charge is 2.30. The maximum Gasteiger partial charge on any atom is 0.416 e. The molecular formula is C25H26F3IO3S. The molecule has 0 saturated carbocycles. The van der Waals surface area contributed by atoms with Crippen LogP contribution in [0.4, 0.5) is 13.2 Å². The quantitative estimate of drug-likeness (QED) is 0.337. The molecule has 0 saturated heterocycles. The Kier molecular flexibility index (Phi) is 9.51. The van der Waals surface area contributed by atoms with Gasteiger partial charge < -0.3 is 4.55 Å². The lowest BCUT2D eigenvalue weighted by Crippen LogP contribution is -3.61. The molecule has 0 aliphatic carbocycles. The van der Waals surface area contributed by atoms with E-state index in [4.69, 9.17) is 0 Å². The molecule has 0 atom stereocenters. The lowest BCUT2D eigenvalue weighted by atomic mass is 10.0. The largest absolute Gasteiger partial charge is 0.744 e. The highest BCUT2D eigenvalue weighted by Crippen LogP contribution is 2.29. The van der Waals surface area contributed by atoms with Crippen molar-refractivity contribution in [2.75, 3.05) is 0 Å². The van der Waals surface area contributed by atoms with Crippen LogP contribution in [0.2, 0.25) is 0 Å². The highest BCUT2D eigenvalue weighted by atomic mass is 127. The van der Waals surface area contributed by atoms with E-state index < -0.39 is 26.8 Å². The van der Waals surface area contributed by atoms with Gasteiger partial charge in [0, 0.05) is 0 Å². The molecule has 0 fully saturated rings. The van der Waals surface area contributed by atoms with Gasteiger partial charge in [0.25, 0.3) is 0 Å². The van der Waals surface area contributed by atoms with Gasteiger partial charge in [0.1, 0.15) is 10.1 Å². The van der Waals surface area contributed by atoms with Crippen LogP contribution in [0, 0.1) is 7.14 Å². The summed E-state index contributed by atoms with van der Waals surface area (Å²) in [5.41, 5.74) is 1.87. The molecule has 0 aliphatic rings. The Balaban J connectivity index is 0.000000245. The van der Waals surface area contributed by atoms with Crippen molar-refractivity contribution in [2.45, 2.75) is 50.6 Å². The van der Waals surface area contributed by atoms with Gasteiger partial charge in [-0.05, 0) is 71.5 Å². The van der Waals surface area contributed by atoms with Crippen LogP contribution in [0.25, 0.3) is 0 Å². The molecular weight excluding hydrogens is 564 g/mol. The molecule has 3 aromatic carbocycles. The summed E-state index contributed by atoms with van der Waals surface area (Å²) in [6.45, 7) is 8.98. The zero-order valence-corrected chi connectivity index (χ0v) is 21.7. The number of hydrogen-bond donors (Lipinski definition) is 0. The first kappa shape index (κ1) is 27.3. The van der Waals surface area contributed by atoms with Gasteiger partial charge in [-0.2, -0.15) is 13.2 Å². The molecule has 0 radical (unpaired) electrons. The van der Waals surface area contributed by atoms with Crippen molar-refractivity contribution < 1.29 is 47.3 Å². The molecule has 0 aromatic heterocycles. The first-order valence-corrected chi connectivity index (χ1v) is 13.8. The van der Waals surface area contributed by atoms with E-state index >= 15 is 0 Å². The van der Waals surface area contributed by atoms with Crippen LogP contribution in [0.3, 0.4) is 0 Å². The summed E-state index contributed by atoms with van der Waals surface area (Å²) in [6, 6.07) is 20.7. The van der Waals surface area contributed by atoms with Gasteiger partial charge in [0.2, 0.25) is 0 Å². The van der Waals surface area contributed by atoms with Crippen LogP contribution in [0.5, 0.6) is 0 Å². The van der Waals surface area contributed by atoms with E-state index in [1.807, 2.05) is 0 Å². The average Bonchev–Trinajstić information content (AvgIpc) is 2.74. The van der Waals surface area contributed by atoms with Crippen LogP contribution < -0.4 is 21.2 Å². The van der Waals surface area contributed by atoms with Gasteiger partial charge in [0.15, 0.2) is 7.14 Å². The summed E-state index contributed by atoms with van der Waals surface area (Å²) in [5.74, 6) is 1.25. The number of alkyl halides is 3. The Morgan fingerprint density at radius 3 is 1.33 bits per heavy atom. The summed E-state index contributed by atoms with van der Waals surface area (Å²) >= 11 is -0.0366. The van der Waals surface area contributed by atoms with Gasteiger partial charge >= 0.3 is 27.4 Å². The zero-order chi connectivity index (χ0) is 24.8. The minimum absolute atomic E-state index is 0.0366. The van der Waals surface area contributed by atoms with Gasteiger partial charge in [-0.15, -0.1) is 0 Å². The molecule has 178 valence electrons. The van der Waals surface area contributed by atoms with Crippen molar-refractivity contribution in [1.82, 2.24) is 0 Å². The number of hydrogen-bond acceptors (Lipinski definition) is 3. The van der Waals surface area contributed by atoms with Crippen LogP contribution in [0.15, 0.2) is 77.7 Å². The first-order chi connectivity index (χ1) is 15.3. The molecule has 3 aromatic rings. The van der Waals surface area contributed by atoms with Crippen molar-refractivity contribution in [2.24, 2.45) is 0 Å². The molecule has 3 rings (SSSR count). The maximum absolute atomic E-state index is 12.0. The van der Waals surface area contributed by atoms with Crippen molar-refractivity contribution in [1.29, 1.82) is 0 Å². The fourth-order valence-electron chi connectivity index (χ4n) is 2.76. The normalized spacial score (nSPS) is 11.9. The van der Waals surface area contributed by atoms with Crippen molar-refractivity contribution in [3.8, 4) is 0 Å². The Labute approximate surface area is 204 Å². The van der Waals surface area contributed by atoms with Crippen LogP contribution >= 0.6 is 0 Å². The topological polar surface area (TPSA) is 57.2 Å². The molecule has 0 N–H and O–H groups in total. The van der Waals surface area contributed by atoms with Gasteiger partial charge in [-0.3, -0.25) is 0 Å². The monoisotopic (exact) mass is 590 g/mol. The van der Waals surface area contributed by atoms with Crippen molar-refractivity contribution in [3.05, 3.63) is 96.6 Å². The zero-order valence-electron chi connectivity index (χ0n) is 18.7. The molecule has 0 amide bonds. The maximum atomic E-state index is 12.0. The van der Waals surface area contributed by atoms with E-state index in [9.17, 15) is 26.1 Å². The summed E-state index contributed by atoms with van der Waals surface area (Å²) in [5, 5.41) is 0. The lowest BCUT2D eigenvalue weighted by molar-refractivity contribution is -0.597. The second-order valence-corrected chi connectivity index (χ2v) is 12.4. The molecule has 0 unspecified atom stereocenters. The first-order valence-electron chi connectivity index (χ1n) is 10.2. The van der Waals surface area contributed by atoms with E-state index in [2.05, 4.69) is 76.2 Å². The van der Waals surface area contributed by atoms with E-state index in [1.54, 1.807) is 0 Å². The number of rotatable bonds is 5. The second kappa shape index (κ2) is 11.5. The van der Waals surface area contributed by atoms with E-state index in [-0.39, 0.29) is 21.2 Å². The van der Waals surface area contributed by atoms with Gasteiger partial charge in [0.05, 0.1) is 10.5 Å². The average molecular weight is 590 g/mol. The number of benzene rings is 3. The molecule has 0 heterocycles. The molecule has 3 nitrogen and oxygen atoms in total. The lowest BCUT2D eigenvalue weighted by Gasteiger charge is -2.09. The molecule has 0 aliphatic heterocycles. The smallest absolute Gasteiger partial charge is 0.416 e. The summed E-state index contributed by atoms with van der Waals surface area (Å²) in [7, 11) is -4.68. The predicted molar refractivity (Wildman–Crippen MR) is 118 cm³/mol. The molecule has 33 heavy (non-hydrogen) atoms. The molecule has 0 spiro atoms. The van der Waals surface area contributed by atoms with Gasteiger partial charge in [-0.1, -0.05) is 52.0 Å². The Morgan fingerprint density at radius 2 is 1.06 bits per heavy atom. The molecule has 8 heteroatoms. The standard InChI is InChI=1S/C18H22I.C7H5F3O3S/c1-13(2)15-5-9-17(10-6-15)19-18-11-7-16(8-12-18)14(3)4;8-7(9,10)5-1-3-6(4-2-5)14(11,12)13/h5-14H,1-4H3;1-4H,(H,11,12,13)/q+1;/p-1. The third-order valence-corrected chi connectivity index (χ3v) is 8.30. The van der Waals surface area contributed by atoms with Crippen molar-refractivity contribution in [3.63, 3.8) is 0 Å². The van der Waals surface area contributed by atoms with Gasteiger partial charge in [-0.25, -0.2) is 8.42 Å². The predicted octanol–water partition coefficient (Wildman–Crippen LogP) is 3.67. The Hall–Kier alpha value is -1.91. The van der Waals surface area contributed by atoms with Crippen LogP contribution in [-0.4, -0.2) is 13.0 Å². The third-order valence-electron chi connectivity index (χ3n) is 4.76.